The maximum absolute atomic E-state index is 13.1. The minimum atomic E-state index is -0.550. The molecular weight excluding hydrogens is 363 g/mol. The van der Waals surface area contributed by atoms with Crippen LogP contribution in [0.2, 0.25) is 5.02 Å². The molecule has 0 saturated heterocycles. The van der Waals surface area contributed by atoms with Crippen molar-refractivity contribution in [3.63, 3.8) is 0 Å². The molecule has 0 bridgehead atoms. The molecule has 0 heterocycles. The first-order chi connectivity index (χ1) is 12.4. The minimum absolute atomic E-state index is 0.00307. The molecule has 0 aliphatic rings. The Labute approximate surface area is 154 Å². The molecular formula is C18H16ClFN2O4. The van der Waals surface area contributed by atoms with Crippen LogP contribution in [0.3, 0.4) is 0 Å². The Hall–Kier alpha value is -3.06. The van der Waals surface area contributed by atoms with Gasteiger partial charge in [0.05, 0.1) is 17.1 Å². The maximum Gasteiger partial charge on any atom is 0.255 e. The van der Waals surface area contributed by atoms with Gasteiger partial charge in [-0.05, 0) is 36.4 Å². The maximum atomic E-state index is 13.1. The molecule has 0 atom stereocenters. The number of carbonyl (C=O) groups excluding carboxylic acids is 2. The predicted molar refractivity (Wildman–Crippen MR) is 96.2 cm³/mol. The molecule has 0 radical (unpaired) electrons. The number of ether oxygens (including phenoxy) is 1. The number of carbonyl (C=O) groups is 2. The number of phenolic OH excluding ortho intramolecular Hbond substituents is 1. The Morgan fingerprint density at radius 3 is 2.73 bits per heavy atom. The number of hydrogen-bond donors (Lipinski definition) is 3. The van der Waals surface area contributed by atoms with Crippen molar-refractivity contribution in [1.29, 1.82) is 0 Å². The Bertz CT molecular complexity index is 842. The SMILES string of the molecule is C=CC(=O)Nc1ccc(O)c(C(=O)NCCOc2ccc(F)c(Cl)c2)c1. The summed E-state index contributed by atoms with van der Waals surface area (Å²) in [7, 11) is 0. The summed E-state index contributed by atoms with van der Waals surface area (Å²) < 4.78 is 18.4. The Morgan fingerprint density at radius 1 is 1.27 bits per heavy atom. The van der Waals surface area contributed by atoms with Gasteiger partial charge in [0.1, 0.15) is 23.9 Å². The van der Waals surface area contributed by atoms with Crippen LogP contribution in [0.5, 0.6) is 11.5 Å². The molecule has 0 saturated carbocycles. The van der Waals surface area contributed by atoms with Gasteiger partial charge in [0, 0.05) is 11.8 Å². The smallest absolute Gasteiger partial charge is 0.255 e. The zero-order valence-electron chi connectivity index (χ0n) is 13.6. The second kappa shape index (κ2) is 8.87. The number of amides is 2. The average molecular weight is 379 g/mol. The fraction of sp³-hybridized carbons (Fsp3) is 0.111. The number of halogens is 2. The Kier molecular flexibility index (Phi) is 6.57. The quantitative estimate of drug-likeness (QED) is 0.392. The molecule has 2 rings (SSSR count). The number of rotatable bonds is 7. The van der Waals surface area contributed by atoms with Crippen molar-refractivity contribution in [2.45, 2.75) is 0 Å². The van der Waals surface area contributed by atoms with Crippen LogP contribution in [0.15, 0.2) is 49.1 Å². The van der Waals surface area contributed by atoms with Crippen LogP contribution in [0.1, 0.15) is 10.4 Å². The summed E-state index contributed by atoms with van der Waals surface area (Å²) >= 11 is 5.65. The van der Waals surface area contributed by atoms with E-state index < -0.39 is 17.6 Å². The fourth-order valence-corrected chi connectivity index (χ4v) is 2.15. The largest absolute Gasteiger partial charge is 0.507 e. The van der Waals surface area contributed by atoms with Crippen LogP contribution in [0.4, 0.5) is 10.1 Å². The molecule has 3 N–H and O–H groups in total. The van der Waals surface area contributed by atoms with Crippen molar-refractivity contribution < 1.29 is 23.8 Å². The second-order valence-corrected chi connectivity index (χ2v) is 5.51. The van der Waals surface area contributed by atoms with Crippen molar-refractivity contribution in [1.82, 2.24) is 5.32 Å². The van der Waals surface area contributed by atoms with E-state index in [1.54, 1.807) is 0 Å². The van der Waals surface area contributed by atoms with E-state index in [-0.39, 0.29) is 29.5 Å². The van der Waals surface area contributed by atoms with E-state index in [0.717, 1.165) is 6.08 Å². The van der Waals surface area contributed by atoms with Crippen LogP contribution in [-0.2, 0) is 4.79 Å². The van der Waals surface area contributed by atoms with E-state index in [9.17, 15) is 19.1 Å². The van der Waals surface area contributed by atoms with Gasteiger partial charge in [-0.15, -0.1) is 0 Å². The summed E-state index contributed by atoms with van der Waals surface area (Å²) in [5, 5.41) is 14.8. The summed E-state index contributed by atoms with van der Waals surface area (Å²) in [6, 6.07) is 8.01. The third kappa shape index (κ3) is 5.22. The van der Waals surface area contributed by atoms with E-state index in [4.69, 9.17) is 16.3 Å². The van der Waals surface area contributed by atoms with E-state index in [0.29, 0.717) is 11.4 Å². The predicted octanol–water partition coefficient (Wildman–Crippen LogP) is 3.12. The van der Waals surface area contributed by atoms with Crippen molar-refractivity contribution in [3.8, 4) is 11.5 Å². The Morgan fingerprint density at radius 2 is 2.04 bits per heavy atom. The number of phenols is 1. The highest BCUT2D eigenvalue weighted by Crippen LogP contribution is 2.22. The van der Waals surface area contributed by atoms with Gasteiger partial charge >= 0.3 is 0 Å². The van der Waals surface area contributed by atoms with Gasteiger partial charge in [-0.1, -0.05) is 18.2 Å². The van der Waals surface area contributed by atoms with Crippen LogP contribution >= 0.6 is 11.6 Å². The standard InChI is InChI=1S/C18H16ClFN2O4/c1-2-17(24)22-11-3-6-16(23)13(9-11)18(25)21-7-8-26-12-4-5-15(20)14(19)10-12/h2-6,9-10,23H,1,7-8H2,(H,21,25)(H,22,24). The first-order valence-corrected chi connectivity index (χ1v) is 7.91. The van der Waals surface area contributed by atoms with Gasteiger partial charge in [0.25, 0.3) is 5.91 Å². The molecule has 0 aliphatic heterocycles. The zero-order chi connectivity index (χ0) is 19.1. The van der Waals surface area contributed by atoms with Crippen molar-refractivity contribution in [3.05, 3.63) is 65.5 Å². The first-order valence-electron chi connectivity index (χ1n) is 7.53. The highest BCUT2D eigenvalue weighted by molar-refractivity contribution is 6.30. The monoisotopic (exact) mass is 378 g/mol. The lowest BCUT2D eigenvalue weighted by Gasteiger charge is -2.10. The molecule has 136 valence electrons. The van der Waals surface area contributed by atoms with Crippen molar-refractivity contribution in [2.75, 3.05) is 18.5 Å². The lowest BCUT2D eigenvalue weighted by atomic mass is 10.1. The molecule has 0 unspecified atom stereocenters. The van der Waals surface area contributed by atoms with Gasteiger partial charge in [-0.25, -0.2) is 4.39 Å². The van der Waals surface area contributed by atoms with E-state index in [1.165, 1.54) is 36.4 Å². The zero-order valence-corrected chi connectivity index (χ0v) is 14.3. The molecule has 26 heavy (non-hydrogen) atoms. The Balaban J connectivity index is 1.90. The fourth-order valence-electron chi connectivity index (χ4n) is 1.98. The van der Waals surface area contributed by atoms with Crippen molar-refractivity contribution >= 4 is 29.1 Å². The molecule has 8 heteroatoms. The van der Waals surface area contributed by atoms with Crippen LogP contribution in [0.25, 0.3) is 0 Å². The van der Waals surface area contributed by atoms with Gasteiger partial charge in [0.15, 0.2) is 0 Å². The average Bonchev–Trinajstić information content (AvgIpc) is 2.62. The summed E-state index contributed by atoms with van der Waals surface area (Å²) in [6.45, 7) is 3.58. The molecule has 2 aromatic rings. The van der Waals surface area contributed by atoms with Gasteiger partial charge in [-0.3, -0.25) is 9.59 Å². The van der Waals surface area contributed by atoms with Gasteiger partial charge in [0.2, 0.25) is 5.91 Å². The van der Waals surface area contributed by atoms with E-state index in [1.807, 2.05) is 0 Å². The molecule has 2 aromatic carbocycles. The molecule has 6 nitrogen and oxygen atoms in total. The van der Waals surface area contributed by atoms with Crippen LogP contribution in [-0.4, -0.2) is 30.1 Å². The van der Waals surface area contributed by atoms with E-state index >= 15 is 0 Å². The molecule has 2 amide bonds. The number of aromatic hydroxyl groups is 1. The molecule has 0 spiro atoms. The summed E-state index contributed by atoms with van der Waals surface area (Å²) in [5.74, 6) is -1.40. The van der Waals surface area contributed by atoms with Gasteiger partial charge < -0.3 is 20.5 Å². The summed E-state index contributed by atoms with van der Waals surface area (Å²) in [5.41, 5.74) is 0.340. The molecule has 0 fully saturated rings. The van der Waals surface area contributed by atoms with Crippen LogP contribution in [0, 0.1) is 5.82 Å². The topological polar surface area (TPSA) is 87.7 Å². The van der Waals surface area contributed by atoms with E-state index in [2.05, 4.69) is 17.2 Å². The highest BCUT2D eigenvalue weighted by Gasteiger charge is 2.12. The van der Waals surface area contributed by atoms with Crippen molar-refractivity contribution in [2.24, 2.45) is 0 Å². The summed E-state index contributed by atoms with van der Waals surface area (Å²) in [4.78, 5) is 23.4. The van der Waals surface area contributed by atoms with Gasteiger partial charge in [-0.2, -0.15) is 0 Å². The number of hydrogen-bond acceptors (Lipinski definition) is 4. The van der Waals surface area contributed by atoms with Crippen LogP contribution < -0.4 is 15.4 Å². The third-order valence-corrected chi connectivity index (χ3v) is 3.53. The second-order valence-electron chi connectivity index (χ2n) is 5.11. The normalized spacial score (nSPS) is 10.1. The molecule has 0 aromatic heterocycles. The molecule has 0 aliphatic carbocycles. The number of benzene rings is 2. The lowest BCUT2D eigenvalue weighted by molar-refractivity contribution is -0.111. The lowest BCUT2D eigenvalue weighted by Crippen LogP contribution is -2.28. The third-order valence-electron chi connectivity index (χ3n) is 3.24. The number of nitrogens with one attached hydrogen (secondary N) is 2. The highest BCUT2D eigenvalue weighted by atomic mass is 35.5. The number of anilines is 1. The first kappa shape index (κ1) is 19.3. The summed E-state index contributed by atoms with van der Waals surface area (Å²) in [6.07, 6.45) is 1.09. The minimum Gasteiger partial charge on any atom is -0.507 e.